The first kappa shape index (κ1) is 11.4. The van der Waals surface area contributed by atoms with Crippen molar-refractivity contribution in [3.05, 3.63) is 24.0 Å². The van der Waals surface area contributed by atoms with Crippen LogP contribution in [0.1, 0.15) is 31.1 Å². The van der Waals surface area contributed by atoms with E-state index in [0.717, 1.165) is 11.0 Å². The van der Waals surface area contributed by atoms with Gasteiger partial charge in [-0.05, 0) is 32.9 Å². The molecule has 1 aromatic carbocycles. The molecule has 5 heteroatoms. The molecule has 0 saturated carbocycles. The van der Waals surface area contributed by atoms with Crippen LogP contribution in [0.25, 0.3) is 11.0 Å². The van der Waals surface area contributed by atoms with Crippen LogP contribution in [0.4, 0.5) is 5.69 Å². The van der Waals surface area contributed by atoms with Gasteiger partial charge >= 0.3 is 5.97 Å². The molecule has 0 radical (unpaired) electrons. The summed E-state index contributed by atoms with van der Waals surface area (Å²) in [5.74, 6) is -0.425. The lowest BCUT2D eigenvalue weighted by atomic mass is 10.1. The molecule has 0 aliphatic heterocycles. The summed E-state index contributed by atoms with van der Waals surface area (Å²) in [6.45, 7) is 5.45. The number of carbonyl (C=O) groups excluding carboxylic acids is 1. The van der Waals surface area contributed by atoms with Crippen molar-refractivity contribution in [2.75, 3.05) is 5.73 Å². The fourth-order valence-electron chi connectivity index (χ4n) is 1.51. The molecular weight excluding hydrogens is 218 g/mol. The SMILES string of the molecule is CC(C)(C)OC(=O)c1cc2[nH]cnc2cc1N. The minimum absolute atomic E-state index is 0.358. The largest absolute Gasteiger partial charge is 0.456 e. The summed E-state index contributed by atoms with van der Waals surface area (Å²) in [6, 6.07) is 3.32. The number of ether oxygens (including phenoxy) is 1. The first-order valence-corrected chi connectivity index (χ1v) is 5.33. The number of nitrogens with one attached hydrogen (secondary N) is 1. The van der Waals surface area contributed by atoms with Crippen LogP contribution in [-0.4, -0.2) is 21.5 Å². The normalized spacial score (nSPS) is 11.7. The monoisotopic (exact) mass is 233 g/mol. The van der Waals surface area contributed by atoms with Gasteiger partial charge < -0.3 is 15.5 Å². The first-order chi connectivity index (χ1) is 7.87. The lowest BCUT2D eigenvalue weighted by Gasteiger charge is -2.20. The molecule has 3 N–H and O–H groups in total. The molecule has 0 amide bonds. The maximum Gasteiger partial charge on any atom is 0.340 e. The zero-order chi connectivity index (χ0) is 12.6. The van der Waals surface area contributed by atoms with Crippen molar-refractivity contribution in [3.63, 3.8) is 0 Å². The van der Waals surface area contributed by atoms with Gasteiger partial charge in [0.1, 0.15) is 5.60 Å². The number of esters is 1. The molecule has 0 atom stereocenters. The molecule has 0 aliphatic rings. The molecule has 0 spiro atoms. The Morgan fingerprint density at radius 2 is 2.12 bits per heavy atom. The van der Waals surface area contributed by atoms with Crippen LogP contribution in [0.2, 0.25) is 0 Å². The Morgan fingerprint density at radius 1 is 1.41 bits per heavy atom. The number of anilines is 1. The Kier molecular flexibility index (Phi) is 2.53. The Morgan fingerprint density at radius 3 is 2.76 bits per heavy atom. The highest BCUT2D eigenvalue weighted by molar-refractivity contribution is 5.99. The Hall–Kier alpha value is -2.04. The van der Waals surface area contributed by atoms with Crippen LogP contribution in [0.15, 0.2) is 18.5 Å². The number of aromatic amines is 1. The van der Waals surface area contributed by atoms with E-state index >= 15 is 0 Å². The van der Waals surface area contributed by atoms with E-state index in [1.165, 1.54) is 0 Å². The van der Waals surface area contributed by atoms with Gasteiger partial charge in [-0.3, -0.25) is 0 Å². The molecule has 0 saturated heterocycles. The van der Waals surface area contributed by atoms with Crippen LogP contribution < -0.4 is 5.73 Å². The zero-order valence-electron chi connectivity index (χ0n) is 10.1. The number of hydrogen-bond acceptors (Lipinski definition) is 4. The first-order valence-electron chi connectivity index (χ1n) is 5.33. The molecule has 0 fully saturated rings. The Labute approximate surface area is 99.0 Å². The molecule has 5 nitrogen and oxygen atoms in total. The van der Waals surface area contributed by atoms with E-state index in [-0.39, 0.29) is 0 Å². The van der Waals surface area contributed by atoms with Crippen molar-refractivity contribution < 1.29 is 9.53 Å². The van der Waals surface area contributed by atoms with Crippen molar-refractivity contribution in [1.29, 1.82) is 0 Å². The standard InChI is InChI=1S/C12H15N3O2/c1-12(2,3)17-11(16)7-4-9-10(5-8(7)13)15-6-14-9/h4-6H,13H2,1-3H3,(H,14,15). The van der Waals surface area contributed by atoms with Gasteiger partial charge in [0, 0.05) is 5.69 Å². The van der Waals surface area contributed by atoms with Crippen LogP contribution in [0.5, 0.6) is 0 Å². The molecule has 0 aliphatic carbocycles. The number of rotatable bonds is 1. The van der Waals surface area contributed by atoms with Crippen LogP contribution >= 0.6 is 0 Å². The van der Waals surface area contributed by atoms with Gasteiger partial charge in [0.05, 0.1) is 22.9 Å². The summed E-state index contributed by atoms with van der Waals surface area (Å²) in [5.41, 5.74) is 7.50. The van der Waals surface area contributed by atoms with Crippen molar-refractivity contribution in [3.8, 4) is 0 Å². The van der Waals surface area contributed by atoms with Crippen LogP contribution in [0, 0.1) is 0 Å². The van der Waals surface area contributed by atoms with E-state index in [0.29, 0.717) is 11.3 Å². The minimum atomic E-state index is -0.535. The molecule has 1 aromatic heterocycles. The van der Waals surface area contributed by atoms with E-state index in [1.807, 2.05) is 20.8 Å². The molecule has 1 heterocycles. The molecule has 0 unspecified atom stereocenters. The second-order valence-electron chi connectivity index (χ2n) is 4.86. The quantitative estimate of drug-likeness (QED) is 0.583. The second-order valence-corrected chi connectivity index (χ2v) is 4.86. The van der Waals surface area contributed by atoms with Gasteiger partial charge in [-0.1, -0.05) is 0 Å². The number of carbonyl (C=O) groups is 1. The van der Waals surface area contributed by atoms with E-state index in [9.17, 15) is 4.79 Å². The number of benzene rings is 1. The summed E-state index contributed by atoms with van der Waals surface area (Å²) in [7, 11) is 0. The fourth-order valence-corrected chi connectivity index (χ4v) is 1.51. The Balaban J connectivity index is 2.40. The number of fused-ring (bicyclic) bond motifs is 1. The number of aromatic nitrogens is 2. The van der Waals surface area contributed by atoms with Gasteiger partial charge in [-0.2, -0.15) is 0 Å². The predicted molar refractivity (Wildman–Crippen MR) is 65.7 cm³/mol. The highest BCUT2D eigenvalue weighted by Crippen LogP contribution is 2.22. The molecule has 2 rings (SSSR count). The lowest BCUT2D eigenvalue weighted by molar-refractivity contribution is 0.00710. The molecule has 17 heavy (non-hydrogen) atoms. The molecular formula is C12H15N3O2. The highest BCUT2D eigenvalue weighted by Gasteiger charge is 2.20. The number of nitrogens with two attached hydrogens (primary N) is 1. The Bertz CT molecular complexity index is 567. The summed E-state index contributed by atoms with van der Waals surface area (Å²) in [6.07, 6.45) is 1.56. The van der Waals surface area contributed by atoms with Gasteiger partial charge in [0.2, 0.25) is 0 Å². The van der Waals surface area contributed by atoms with E-state index in [2.05, 4.69) is 9.97 Å². The third kappa shape index (κ3) is 2.38. The molecule has 90 valence electrons. The van der Waals surface area contributed by atoms with Crippen molar-refractivity contribution in [1.82, 2.24) is 9.97 Å². The average molecular weight is 233 g/mol. The van der Waals surface area contributed by atoms with E-state index in [4.69, 9.17) is 10.5 Å². The van der Waals surface area contributed by atoms with Gasteiger partial charge in [-0.15, -0.1) is 0 Å². The average Bonchev–Trinajstić information content (AvgIpc) is 2.60. The van der Waals surface area contributed by atoms with E-state index < -0.39 is 11.6 Å². The zero-order valence-corrected chi connectivity index (χ0v) is 10.1. The number of H-pyrrole nitrogens is 1. The smallest absolute Gasteiger partial charge is 0.340 e. The van der Waals surface area contributed by atoms with E-state index in [1.54, 1.807) is 18.5 Å². The van der Waals surface area contributed by atoms with Crippen molar-refractivity contribution >= 4 is 22.7 Å². The predicted octanol–water partition coefficient (Wildman–Crippen LogP) is 2.10. The number of nitrogens with zero attached hydrogens (tertiary/aromatic N) is 1. The van der Waals surface area contributed by atoms with Crippen LogP contribution in [-0.2, 0) is 4.74 Å². The van der Waals surface area contributed by atoms with Gasteiger partial charge in [0.15, 0.2) is 0 Å². The molecule has 2 aromatic rings. The van der Waals surface area contributed by atoms with Gasteiger partial charge in [-0.25, -0.2) is 9.78 Å². The number of imidazole rings is 1. The van der Waals surface area contributed by atoms with Crippen LogP contribution in [0.3, 0.4) is 0 Å². The topological polar surface area (TPSA) is 81.0 Å². The van der Waals surface area contributed by atoms with Crippen molar-refractivity contribution in [2.24, 2.45) is 0 Å². The summed E-state index contributed by atoms with van der Waals surface area (Å²) in [4.78, 5) is 18.9. The number of nitrogen functional groups attached to an aromatic ring is 1. The minimum Gasteiger partial charge on any atom is -0.456 e. The third-order valence-electron chi connectivity index (χ3n) is 2.21. The third-order valence-corrected chi connectivity index (χ3v) is 2.21. The number of hydrogen-bond donors (Lipinski definition) is 2. The maximum atomic E-state index is 11.9. The summed E-state index contributed by atoms with van der Waals surface area (Å²) < 4.78 is 5.28. The second kappa shape index (κ2) is 3.76. The summed E-state index contributed by atoms with van der Waals surface area (Å²) in [5, 5.41) is 0. The summed E-state index contributed by atoms with van der Waals surface area (Å²) >= 11 is 0. The molecule has 0 bridgehead atoms. The highest BCUT2D eigenvalue weighted by atomic mass is 16.6. The lowest BCUT2D eigenvalue weighted by Crippen LogP contribution is -2.24. The fraction of sp³-hybridized carbons (Fsp3) is 0.333. The maximum absolute atomic E-state index is 11.9. The van der Waals surface area contributed by atoms with Crippen molar-refractivity contribution in [2.45, 2.75) is 26.4 Å². The van der Waals surface area contributed by atoms with Gasteiger partial charge in [0.25, 0.3) is 0 Å².